The van der Waals surface area contributed by atoms with E-state index in [1.807, 2.05) is 12.1 Å². The van der Waals surface area contributed by atoms with E-state index < -0.39 is 17.6 Å². The summed E-state index contributed by atoms with van der Waals surface area (Å²) in [6.45, 7) is 1.60. The summed E-state index contributed by atoms with van der Waals surface area (Å²) in [6, 6.07) is 11.8. The van der Waals surface area contributed by atoms with Crippen molar-refractivity contribution < 1.29 is 18.0 Å². The first kappa shape index (κ1) is 24.1. The zero-order valence-electron chi connectivity index (χ0n) is 16.8. The number of benzene rings is 2. The average molecular weight is 485 g/mol. The number of nitrogens with zero attached hydrogens (tertiary/aromatic N) is 2. The molecule has 2 aromatic carbocycles. The average Bonchev–Trinajstić information content (AvgIpc) is 3.19. The maximum Gasteiger partial charge on any atom is 0.416 e. The number of rotatable bonds is 4. The van der Waals surface area contributed by atoms with Gasteiger partial charge in [0.2, 0.25) is 0 Å². The van der Waals surface area contributed by atoms with Crippen molar-refractivity contribution in [3.63, 3.8) is 0 Å². The highest BCUT2D eigenvalue weighted by Crippen LogP contribution is 2.33. The molecule has 1 amide bonds. The summed E-state index contributed by atoms with van der Waals surface area (Å²) < 4.78 is 40.7. The molecule has 0 spiro atoms. The topological polar surface area (TPSA) is 59.0 Å². The lowest BCUT2D eigenvalue weighted by Gasteiger charge is -2.25. The monoisotopic (exact) mass is 484 g/mol. The van der Waals surface area contributed by atoms with Crippen LogP contribution in [-0.2, 0) is 6.18 Å². The third-order valence-corrected chi connectivity index (χ3v) is 5.62. The molecule has 2 N–H and O–H groups in total. The maximum atomic E-state index is 13.1. The lowest BCUT2D eigenvalue weighted by molar-refractivity contribution is -0.137. The van der Waals surface area contributed by atoms with E-state index in [0.29, 0.717) is 22.0 Å². The van der Waals surface area contributed by atoms with E-state index in [1.165, 1.54) is 18.3 Å². The molecule has 0 bridgehead atoms. The SMILES string of the molecule is Cl.O=C(Nc1cccc(C(F)(F)F)c1)c1cnn(-c2ccccc2Cl)c1C1CCNCC1. The van der Waals surface area contributed by atoms with Crippen molar-refractivity contribution in [2.45, 2.75) is 24.9 Å². The highest BCUT2D eigenvalue weighted by Gasteiger charge is 2.31. The lowest BCUT2D eigenvalue weighted by atomic mass is 9.91. The summed E-state index contributed by atoms with van der Waals surface area (Å²) in [5, 5.41) is 10.8. The van der Waals surface area contributed by atoms with Crippen molar-refractivity contribution in [3.8, 4) is 5.69 Å². The fraction of sp³-hybridized carbons (Fsp3) is 0.273. The molecule has 0 saturated carbocycles. The summed E-state index contributed by atoms with van der Waals surface area (Å²) >= 11 is 6.37. The van der Waals surface area contributed by atoms with E-state index in [-0.39, 0.29) is 24.0 Å². The van der Waals surface area contributed by atoms with Gasteiger partial charge in [0.1, 0.15) is 0 Å². The number of piperidine rings is 1. The molecular weight excluding hydrogens is 464 g/mol. The van der Waals surface area contributed by atoms with Crippen LogP contribution in [0.25, 0.3) is 5.69 Å². The molecule has 10 heteroatoms. The number of carbonyl (C=O) groups is 1. The highest BCUT2D eigenvalue weighted by atomic mass is 35.5. The van der Waals surface area contributed by atoms with Crippen molar-refractivity contribution in [2.24, 2.45) is 0 Å². The van der Waals surface area contributed by atoms with Gasteiger partial charge in [0.25, 0.3) is 5.91 Å². The quantitative estimate of drug-likeness (QED) is 0.500. The second kappa shape index (κ2) is 9.94. The maximum absolute atomic E-state index is 13.1. The Morgan fingerprint density at radius 1 is 1.12 bits per heavy atom. The molecule has 1 aliphatic rings. The van der Waals surface area contributed by atoms with E-state index in [1.54, 1.807) is 16.8 Å². The fourth-order valence-electron chi connectivity index (χ4n) is 3.81. The minimum atomic E-state index is -4.49. The molecule has 32 heavy (non-hydrogen) atoms. The molecule has 3 aromatic rings. The van der Waals surface area contributed by atoms with Gasteiger partial charge in [-0.3, -0.25) is 4.79 Å². The molecule has 0 aliphatic carbocycles. The number of hydrogen-bond acceptors (Lipinski definition) is 3. The Balaban J connectivity index is 0.00000289. The number of nitrogens with one attached hydrogen (secondary N) is 2. The minimum absolute atomic E-state index is 0. The molecule has 0 radical (unpaired) electrons. The standard InChI is InChI=1S/C22H20ClF3N4O.ClH/c23-18-6-1-2-7-19(18)30-20(14-8-10-27-11-9-14)17(13-28-30)21(31)29-16-5-3-4-15(12-16)22(24,25)26;/h1-7,12-14,27H,8-11H2,(H,29,31);1H. The molecule has 4 rings (SSSR count). The molecule has 1 aromatic heterocycles. The molecule has 1 fully saturated rings. The molecule has 1 aliphatic heterocycles. The Bertz CT molecular complexity index is 1090. The summed E-state index contributed by atoms with van der Waals surface area (Å²) in [5.41, 5.74) is 0.927. The molecule has 0 atom stereocenters. The molecular formula is C22H21Cl2F3N4O. The van der Waals surface area contributed by atoms with E-state index in [4.69, 9.17) is 11.6 Å². The van der Waals surface area contributed by atoms with Crippen molar-refractivity contribution in [3.05, 3.63) is 76.6 Å². The van der Waals surface area contributed by atoms with Crippen molar-refractivity contribution >= 4 is 35.6 Å². The van der Waals surface area contributed by atoms with Gasteiger partial charge >= 0.3 is 6.18 Å². The first-order valence-corrected chi connectivity index (χ1v) is 10.2. The molecule has 5 nitrogen and oxygen atoms in total. The Kier molecular flexibility index (Phi) is 7.48. The molecule has 170 valence electrons. The summed E-state index contributed by atoms with van der Waals surface area (Å²) in [6.07, 6.45) is -1.43. The van der Waals surface area contributed by atoms with E-state index in [2.05, 4.69) is 15.7 Å². The van der Waals surface area contributed by atoms with Crippen LogP contribution in [0.3, 0.4) is 0 Å². The highest BCUT2D eigenvalue weighted by molar-refractivity contribution is 6.32. The van der Waals surface area contributed by atoms with Crippen LogP contribution in [0, 0.1) is 0 Å². The van der Waals surface area contributed by atoms with Crippen LogP contribution in [0.4, 0.5) is 18.9 Å². The van der Waals surface area contributed by atoms with Gasteiger partial charge in [-0.15, -0.1) is 12.4 Å². The largest absolute Gasteiger partial charge is 0.416 e. The lowest BCUT2D eigenvalue weighted by Crippen LogP contribution is -2.29. The third kappa shape index (κ3) is 5.09. The van der Waals surface area contributed by atoms with Crippen LogP contribution >= 0.6 is 24.0 Å². The fourth-order valence-corrected chi connectivity index (χ4v) is 4.02. The number of anilines is 1. The normalized spacial score (nSPS) is 14.6. The van der Waals surface area contributed by atoms with Crippen LogP contribution in [0.15, 0.2) is 54.7 Å². The van der Waals surface area contributed by atoms with Gasteiger partial charge in [-0.25, -0.2) is 4.68 Å². The number of carbonyl (C=O) groups excluding carboxylic acids is 1. The van der Waals surface area contributed by atoms with Gasteiger partial charge < -0.3 is 10.6 Å². The number of alkyl halides is 3. The van der Waals surface area contributed by atoms with Crippen molar-refractivity contribution in [1.82, 2.24) is 15.1 Å². The third-order valence-electron chi connectivity index (χ3n) is 5.31. The molecule has 2 heterocycles. The Morgan fingerprint density at radius 2 is 1.84 bits per heavy atom. The van der Waals surface area contributed by atoms with Crippen molar-refractivity contribution in [1.29, 1.82) is 0 Å². The van der Waals surface area contributed by atoms with E-state index in [0.717, 1.165) is 38.1 Å². The van der Waals surface area contributed by atoms with Crippen LogP contribution in [-0.4, -0.2) is 28.8 Å². The van der Waals surface area contributed by atoms with E-state index >= 15 is 0 Å². The second-order valence-electron chi connectivity index (χ2n) is 7.36. The smallest absolute Gasteiger partial charge is 0.322 e. The minimum Gasteiger partial charge on any atom is -0.322 e. The summed E-state index contributed by atoms with van der Waals surface area (Å²) in [7, 11) is 0. The van der Waals surface area contributed by atoms with Crippen LogP contribution in [0.1, 0.15) is 40.4 Å². The van der Waals surface area contributed by atoms with Crippen LogP contribution in [0.2, 0.25) is 5.02 Å². The molecule has 1 saturated heterocycles. The van der Waals surface area contributed by atoms with Crippen LogP contribution in [0.5, 0.6) is 0 Å². The van der Waals surface area contributed by atoms with E-state index in [9.17, 15) is 18.0 Å². The predicted octanol–water partition coefficient (Wildman–Crippen LogP) is 5.69. The van der Waals surface area contributed by atoms with Crippen molar-refractivity contribution in [2.75, 3.05) is 18.4 Å². The first-order valence-electron chi connectivity index (χ1n) is 9.87. The Labute approximate surface area is 194 Å². The number of amides is 1. The van der Waals surface area contributed by atoms with Gasteiger partial charge in [-0.05, 0) is 56.3 Å². The van der Waals surface area contributed by atoms with Gasteiger partial charge in [-0.2, -0.15) is 18.3 Å². The zero-order valence-corrected chi connectivity index (χ0v) is 18.4. The predicted molar refractivity (Wildman–Crippen MR) is 120 cm³/mol. The van der Waals surface area contributed by atoms with Gasteiger partial charge in [0, 0.05) is 11.6 Å². The number of hydrogen-bond donors (Lipinski definition) is 2. The van der Waals surface area contributed by atoms with Gasteiger partial charge in [0.15, 0.2) is 0 Å². The second-order valence-corrected chi connectivity index (χ2v) is 7.77. The Hall–Kier alpha value is -2.55. The number of para-hydroxylation sites is 1. The van der Waals surface area contributed by atoms with Gasteiger partial charge in [-0.1, -0.05) is 29.8 Å². The Morgan fingerprint density at radius 3 is 2.53 bits per heavy atom. The zero-order chi connectivity index (χ0) is 22.0. The van der Waals surface area contributed by atoms with Crippen LogP contribution < -0.4 is 10.6 Å². The first-order chi connectivity index (χ1) is 14.8. The number of aromatic nitrogens is 2. The summed E-state index contributed by atoms with van der Waals surface area (Å²) in [4.78, 5) is 13.1. The summed E-state index contributed by atoms with van der Waals surface area (Å²) in [5.74, 6) is -0.451. The molecule has 0 unspecified atom stereocenters. The number of halogens is 5. The van der Waals surface area contributed by atoms with Gasteiger partial charge in [0.05, 0.1) is 33.7 Å².